The van der Waals surface area contributed by atoms with Crippen LogP contribution in [0.4, 0.5) is 0 Å². The zero-order chi connectivity index (χ0) is 20.8. The highest BCUT2D eigenvalue weighted by Gasteiger charge is 2.30. The molecule has 4 rings (SSSR count). The van der Waals surface area contributed by atoms with Gasteiger partial charge >= 0.3 is 0 Å². The van der Waals surface area contributed by atoms with Gasteiger partial charge in [0.15, 0.2) is 5.96 Å². The number of nitrogens with one attached hydrogen (secondary N) is 2. The number of ether oxygens (including phenoxy) is 1. The zero-order valence-corrected chi connectivity index (χ0v) is 17.5. The highest BCUT2D eigenvalue weighted by molar-refractivity contribution is 5.82. The van der Waals surface area contributed by atoms with Crippen LogP contribution in [0, 0.1) is 0 Å². The van der Waals surface area contributed by atoms with Crippen molar-refractivity contribution in [1.29, 1.82) is 0 Å². The predicted octanol–water partition coefficient (Wildman–Crippen LogP) is 1.87. The highest BCUT2D eigenvalue weighted by Crippen LogP contribution is 2.17. The lowest BCUT2D eigenvalue weighted by molar-refractivity contribution is -0.142. The number of amides is 1. The Balaban J connectivity index is 1.35. The van der Waals surface area contributed by atoms with Gasteiger partial charge in [-0.1, -0.05) is 30.3 Å². The molecule has 160 valence electrons. The molecule has 8 heteroatoms. The van der Waals surface area contributed by atoms with E-state index in [0.29, 0.717) is 26.2 Å². The molecule has 0 spiro atoms. The number of piperazine rings is 1. The first kappa shape index (κ1) is 20.4. The maximum absolute atomic E-state index is 12.6. The number of carbonyl (C=O) groups excluding carboxylic acids is 1. The van der Waals surface area contributed by atoms with Gasteiger partial charge in [0, 0.05) is 39.3 Å². The second-order valence-corrected chi connectivity index (χ2v) is 7.59. The minimum absolute atomic E-state index is 0.137. The monoisotopic (exact) mass is 410 g/mol. The summed E-state index contributed by atoms with van der Waals surface area (Å²) < 4.78 is 5.55. The fraction of sp³-hybridized carbons (Fsp3) is 0.500. The Labute approximate surface area is 177 Å². The van der Waals surface area contributed by atoms with Gasteiger partial charge in [-0.2, -0.15) is 0 Å². The highest BCUT2D eigenvalue weighted by atomic mass is 16.5. The van der Waals surface area contributed by atoms with Crippen LogP contribution >= 0.6 is 0 Å². The van der Waals surface area contributed by atoms with Gasteiger partial charge in [0.1, 0.15) is 18.5 Å². The number of hydrogen-bond acceptors (Lipinski definition) is 4. The SMILES string of the molecule is CCNC(=NCc1ncc(-c2ccccc2)[nH]1)N1CCN(C(=O)C2CCCO2)CC1. The molecule has 0 radical (unpaired) electrons. The van der Waals surface area contributed by atoms with E-state index in [4.69, 9.17) is 9.73 Å². The van der Waals surface area contributed by atoms with E-state index in [0.717, 1.165) is 55.5 Å². The number of hydrogen-bond donors (Lipinski definition) is 2. The maximum Gasteiger partial charge on any atom is 0.251 e. The van der Waals surface area contributed by atoms with Crippen molar-refractivity contribution in [2.45, 2.75) is 32.4 Å². The van der Waals surface area contributed by atoms with E-state index in [1.807, 2.05) is 29.3 Å². The van der Waals surface area contributed by atoms with Crippen LogP contribution in [-0.4, -0.2) is 77.1 Å². The summed E-state index contributed by atoms with van der Waals surface area (Å²) in [4.78, 5) is 29.3. The molecule has 1 aromatic heterocycles. The second kappa shape index (κ2) is 9.75. The van der Waals surface area contributed by atoms with Gasteiger partial charge in [-0.3, -0.25) is 4.79 Å². The van der Waals surface area contributed by atoms with E-state index in [1.54, 1.807) is 0 Å². The average molecular weight is 411 g/mol. The van der Waals surface area contributed by atoms with Crippen LogP contribution in [0.15, 0.2) is 41.5 Å². The summed E-state index contributed by atoms with van der Waals surface area (Å²) in [5.74, 6) is 1.83. The Morgan fingerprint density at radius 1 is 1.23 bits per heavy atom. The molecule has 2 aliphatic rings. The van der Waals surface area contributed by atoms with Gasteiger partial charge in [0.05, 0.1) is 11.9 Å². The Morgan fingerprint density at radius 2 is 2.00 bits per heavy atom. The largest absolute Gasteiger partial charge is 0.368 e. The van der Waals surface area contributed by atoms with Gasteiger partial charge < -0.3 is 24.8 Å². The number of guanidine groups is 1. The first-order valence-electron chi connectivity index (χ1n) is 10.8. The quantitative estimate of drug-likeness (QED) is 0.581. The maximum atomic E-state index is 12.6. The van der Waals surface area contributed by atoms with E-state index >= 15 is 0 Å². The first-order valence-corrected chi connectivity index (χ1v) is 10.8. The van der Waals surface area contributed by atoms with Gasteiger partial charge in [0.25, 0.3) is 5.91 Å². The number of benzene rings is 1. The smallest absolute Gasteiger partial charge is 0.251 e. The molecule has 8 nitrogen and oxygen atoms in total. The lowest BCUT2D eigenvalue weighted by atomic mass is 10.2. The van der Waals surface area contributed by atoms with E-state index in [-0.39, 0.29) is 12.0 Å². The van der Waals surface area contributed by atoms with Crippen LogP contribution in [0.1, 0.15) is 25.6 Å². The molecule has 2 N–H and O–H groups in total. The van der Waals surface area contributed by atoms with Gasteiger partial charge in [-0.25, -0.2) is 9.98 Å². The average Bonchev–Trinajstić information content (AvgIpc) is 3.49. The number of H-pyrrole nitrogens is 1. The number of aromatic nitrogens is 2. The summed E-state index contributed by atoms with van der Waals surface area (Å²) in [5, 5.41) is 3.37. The number of aliphatic imine (C=N–C) groups is 1. The Bertz CT molecular complexity index is 852. The topological polar surface area (TPSA) is 85.9 Å². The molecule has 30 heavy (non-hydrogen) atoms. The molecule has 0 aliphatic carbocycles. The Morgan fingerprint density at radius 3 is 2.70 bits per heavy atom. The third-order valence-electron chi connectivity index (χ3n) is 5.52. The van der Waals surface area contributed by atoms with Crippen molar-refractivity contribution in [2.75, 3.05) is 39.3 Å². The molecule has 2 saturated heterocycles. The molecule has 0 saturated carbocycles. The predicted molar refractivity (Wildman–Crippen MR) is 116 cm³/mol. The van der Waals surface area contributed by atoms with E-state index < -0.39 is 0 Å². The lowest BCUT2D eigenvalue weighted by Crippen LogP contribution is -2.55. The number of nitrogens with zero attached hydrogens (tertiary/aromatic N) is 4. The van der Waals surface area contributed by atoms with Crippen LogP contribution in [0.2, 0.25) is 0 Å². The summed E-state index contributed by atoms with van der Waals surface area (Å²) in [6.07, 6.45) is 3.43. The normalized spacial score (nSPS) is 19.9. The molecular weight excluding hydrogens is 380 g/mol. The lowest BCUT2D eigenvalue weighted by Gasteiger charge is -2.37. The Hall–Kier alpha value is -2.87. The third-order valence-corrected chi connectivity index (χ3v) is 5.52. The van der Waals surface area contributed by atoms with Crippen molar-refractivity contribution < 1.29 is 9.53 Å². The Kier molecular flexibility index (Phi) is 6.63. The van der Waals surface area contributed by atoms with Crippen molar-refractivity contribution >= 4 is 11.9 Å². The summed E-state index contributed by atoms with van der Waals surface area (Å²) in [6.45, 7) is 6.95. The summed E-state index contributed by atoms with van der Waals surface area (Å²) >= 11 is 0. The van der Waals surface area contributed by atoms with Crippen LogP contribution in [0.3, 0.4) is 0 Å². The van der Waals surface area contributed by atoms with Crippen molar-refractivity contribution in [1.82, 2.24) is 25.1 Å². The van der Waals surface area contributed by atoms with Crippen LogP contribution < -0.4 is 5.32 Å². The van der Waals surface area contributed by atoms with E-state index in [1.165, 1.54) is 0 Å². The zero-order valence-electron chi connectivity index (χ0n) is 17.5. The van der Waals surface area contributed by atoms with Crippen LogP contribution in [0.25, 0.3) is 11.3 Å². The minimum Gasteiger partial charge on any atom is -0.368 e. The number of carbonyl (C=O) groups is 1. The fourth-order valence-corrected chi connectivity index (χ4v) is 3.90. The molecule has 2 aliphatic heterocycles. The standard InChI is InChI=1S/C22H30N6O2/c1-2-23-22(25-16-20-24-15-18(26-20)17-7-4-3-5-8-17)28-12-10-27(11-13-28)21(29)19-9-6-14-30-19/h3-5,7-8,15,19H,2,6,9-14,16H2,1H3,(H,23,25)(H,24,26). The van der Waals surface area contributed by atoms with Crippen LogP contribution in [0.5, 0.6) is 0 Å². The van der Waals surface area contributed by atoms with Crippen molar-refractivity contribution in [3.63, 3.8) is 0 Å². The summed E-state index contributed by atoms with van der Waals surface area (Å²) in [5.41, 5.74) is 2.10. The van der Waals surface area contributed by atoms with Crippen molar-refractivity contribution in [2.24, 2.45) is 4.99 Å². The number of aromatic amines is 1. The third kappa shape index (κ3) is 4.81. The van der Waals surface area contributed by atoms with E-state index in [2.05, 4.69) is 39.2 Å². The summed E-state index contributed by atoms with van der Waals surface area (Å²) in [7, 11) is 0. The van der Waals surface area contributed by atoms with E-state index in [9.17, 15) is 4.79 Å². The number of imidazole rings is 1. The molecule has 3 heterocycles. The molecule has 1 unspecified atom stereocenters. The summed E-state index contributed by atoms with van der Waals surface area (Å²) in [6, 6.07) is 10.1. The molecular formula is C22H30N6O2. The second-order valence-electron chi connectivity index (χ2n) is 7.59. The number of rotatable bonds is 5. The van der Waals surface area contributed by atoms with Crippen molar-refractivity contribution in [3.8, 4) is 11.3 Å². The van der Waals surface area contributed by atoms with Gasteiger partial charge in [-0.05, 0) is 25.3 Å². The molecule has 2 fully saturated rings. The molecule has 2 aromatic rings. The van der Waals surface area contributed by atoms with Gasteiger partial charge in [0.2, 0.25) is 0 Å². The molecule has 0 bridgehead atoms. The first-order chi connectivity index (χ1) is 14.7. The van der Waals surface area contributed by atoms with Crippen LogP contribution in [-0.2, 0) is 16.1 Å². The molecule has 1 atom stereocenters. The fourth-order valence-electron chi connectivity index (χ4n) is 3.90. The minimum atomic E-state index is -0.240. The molecule has 1 amide bonds. The van der Waals surface area contributed by atoms with Gasteiger partial charge in [-0.15, -0.1) is 0 Å². The van der Waals surface area contributed by atoms with Crippen molar-refractivity contribution in [3.05, 3.63) is 42.4 Å². The molecule has 1 aromatic carbocycles.